The normalized spacial score (nSPS) is 18.7. The van der Waals surface area contributed by atoms with E-state index in [0.29, 0.717) is 30.5 Å². The van der Waals surface area contributed by atoms with Gasteiger partial charge in [-0.15, -0.1) is 0 Å². The third-order valence-corrected chi connectivity index (χ3v) is 5.63. The Labute approximate surface area is 176 Å². The second-order valence-electron chi connectivity index (χ2n) is 8.24. The van der Waals surface area contributed by atoms with Gasteiger partial charge in [-0.05, 0) is 61.6 Å². The van der Waals surface area contributed by atoms with Crippen molar-refractivity contribution in [1.82, 2.24) is 10.2 Å². The number of benzene rings is 2. The van der Waals surface area contributed by atoms with E-state index in [1.807, 2.05) is 17.0 Å². The molecule has 1 aliphatic carbocycles. The summed E-state index contributed by atoms with van der Waals surface area (Å²) < 4.78 is 19.0. The van der Waals surface area contributed by atoms with Gasteiger partial charge in [-0.1, -0.05) is 18.2 Å². The zero-order chi connectivity index (χ0) is 20.9. The number of ether oxygens (including phenoxy) is 1. The number of piperidine rings is 1. The molecule has 0 radical (unpaired) electrons. The average molecular weight is 410 g/mol. The molecule has 1 saturated heterocycles. The van der Waals surface area contributed by atoms with Crippen LogP contribution in [0.5, 0.6) is 5.75 Å². The number of nitrogens with zero attached hydrogens (tertiary/aromatic N) is 1. The lowest BCUT2D eigenvalue weighted by Gasteiger charge is -2.32. The number of carbonyl (C=O) groups is 2. The average Bonchev–Trinajstić information content (AvgIpc) is 3.58. The molecule has 1 aliphatic heterocycles. The summed E-state index contributed by atoms with van der Waals surface area (Å²) in [7, 11) is 0. The lowest BCUT2D eigenvalue weighted by Crippen LogP contribution is -2.42. The first kappa shape index (κ1) is 20.4. The van der Waals surface area contributed by atoms with E-state index in [2.05, 4.69) is 5.32 Å². The van der Waals surface area contributed by atoms with Crippen LogP contribution in [0.3, 0.4) is 0 Å². The minimum atomic E-state index is -0.296. The highest BCUT2D eigenvalue weighted by Gasteiger charge is 2.25. The first-order chi connectivity index (χ1) is 14.6. The Hall–Kier alpha value is -2.89. The smallest absolute Gasteiger partial charge is 0.251 e. The maximum absolute atomic E-state index is 13.1. The summed E-state index contributed by atoms with van der Waals surface area (Å²) in [5.41, 5.74) is 1.43. The van der Waals surface area contributed by atoms with Crippen LogP contribution in [0.2, 0.25) is 0 Å². The number of amides is 2. The van der Waals surface area contributed by atoms with E-state index >= 15 is 0 Å². The number of hydrogen-bond donors (Lipinski definition) is 1. The zero-order valence-corrected chi connectivity index (χ0v) is 17.0. The van der Waals surface area contributed by atoms with Gasteiger partial charge in [-0.2, -0.15) is 0 Å². The minimum Gasteiger partial charge on any atom is -0.493 e. The van der Waals surface area contributed by atoms with E-state index in [1.54, 1.807) is 24.3 Å². The molecule has 0 aromatic heterocycles. The first-order valence-corrected chi connectivity index (χ1v) is 10.6. The van der Waals surface area contributed by atoms with Crippen molar-refractivity contribution in [1.29, 1.82) is 0 Å². The van der Waals surface area contributed by atoms with Gasteiger partial charge in [0.05, 0.1) is 13.0 Å². The third-order valence-electron chi connectivity index (χ3n) is 5.63. The highest BCUT2D eigenvalue weighted by molar-refractivity contribution is 5.94. The second-order valence-corrected chi connectivity index (χ2v) is 8.24. The van der Waals surface area contributed by atoms with Gasteiger partial charge in [0.1, 0.15) is 11.6 Å². The van der Waals surface area contributed by atoms with Crippen LogP contribution in [0, 0.1) is 11.7 Å². The van der Waals surface area contributed by atoms with Crippen LogP contribution >= 0.6 is 0 Å². The maximum Gasteiger partial charge on any atom is 0.251 e. The van der Waals surface area contributed by atoms with E-state index in [9.17, 15) is 14.0 Å². The van der Waals surface area contributed by atoms with Gasteiger partial charge in [0.2, 0.25) is 5.91 Å². The predicted octanol–water partition coefficient (Wildman–Crippen LogP) is 3.58. The number of hydrogen-bond acceptors (Lipinski definition) is 3. The topological polar surface area (TPSA) is 58.6 Å². The number of carbonyl (C=O) groups excluding carboxylic acids is 2. The van der Waals surface area contributed by atoms with Gasteiger partial charge in [0, 0.05) is 30.6 Å². The fourth-order valence-corrected chi connectivity index (χ4v) is 3.75. The van der Waals surface area contributed by atoms with Crippen LogP contribution in [0.25, 0.3) is 0 Å². The van der Waals surface area contributed by atoms with Crippen molar-refractivity contribution in [2.75, 3.05) is 19.7 Å². The lowest BCUT2D eigenvalue weighted by molar-refractivity contribution is -0.132. The Morgan fingerprint density at radius 2 is 1.90 bits per heavy atom. The molecule has 1 heterocycles. The predicted molar refractivity (Wildman–Crippen MR) is 112 cm³/mol. The molecule has 158 valence electrons. The summed E-state index contributed by atoms with van der Waals surface area (Å²) in [6.45, 7) is 1.91. The summed E-state index contributed by atoms with van der Waals surface area (Å²) in [5, 5.41) is 2.98. The standard InChI is InChI=1S/C24H27FN2O3/c25-20-8-6-17(7-9-20)13-23(28)27-12-2-3-18(15-27)16-30-22-5-1-4-19(14-22)24(29)26-21-10-11-21/h1,4-9,14,18,21H,2-3,10-13,15-16H2,(H,26,29)/t18-/m1/s1. The second kappa shape index (κ2) is 9.28. The van der Waals surface area contributed by atoms with Crippen LogP contribution in [0.4, 0.5) is 4.39 Å². The van der Waals surface area contributed by atoms with Gasteiger partial charge in [0.25, 0.3) is 5.91 Å². The van der Waals surface area contributed by atoms with E-state index in [4.69, 9.17) is 4.74 Å². The Morgan fingerprint density at radius 1 is 1.10 bits per heavy atom. The molecule has 1 N–H and O–H groups in total. The van der Waals surface area contributed by atoms with Gasteiger partial charge in [0.15, 0.2) is 0 Å². The maximum atomic E-state index is 13.1. The molecule has 2 amide bonds. The fourth-order valence-electron chi connectivity index (χ4n) is 3.75. The van der Waals surface area contributed by atoms with Crippen LogP contribution in [0.1, 0.15) is 41.6 Å². The van der Waals surface area contributed by atoms with Crippen molar-refractivity contribution >= 4 is 11.8 Å². The summed E-state index contributed by atoms with van der Waals surface area (Å²) in [6, 6.07) is 13.7. The van der Waals surface area contributed by atoms with Crippen molar-refractivity contribution < 1.29 is 18.7 Å². The Morgan fingerprint density at radius 3 is 2.67 bits per heavy atom. The monoisotopic (exact) mass is 410 g/mol. The van der Waals surface area contributed by atoms with Crippen molar-refractivity contribution in [2.24, 2.45) is 5.92 Å². The number of rotatable bonds is 7. The molecule has 1 atom stereocenters. The fraction of sp³-hybridized carbons (Fsp3) is 0.417. The molecule has 0 spiro atoms. The van der Waals surface area contributed by atoms with Crippen molar-refractivity contribution in [3.63, 3.8) is 0 Å². The highest BCUT2D eigenvalue weighted by Crippen LogP contribution is 2.22. The lowest BCUT2D eigenvalue weighted by atomic mass is 9.98. The van der Waals surface area contributed by atoms with E-state index in [0.717, 1.165) is 37.8 Å². The van der Waals surface area contributed by atoms with Gasteiger partial charge < -0.3 is 15.0 Å². The Kier molecular flexibility index (Phi) is 6.31. The molecule has 2 aliphatic rings. The minimum absolute atomic E-state index is 0.0572. The largest absolute Gasteiger partial charge is 0.493 e. The quantitative estimate of drug-likeness (QED) is 0.759. The highest BCUT2D eigenvalue weighted by atomic mass is 19.1. The van der Waals surface area contributed by atoms with E-state index in [1.165, 1.54) is 12.1 Å². The summed E-state index contributed by atoms with van der Waals surface area (Å²) in [6.07, 6.45) is 4.33. The number of halogens is 1. The van der Waals surface area contributed by atoms with E-state index in [-0.39, 0.29) is 30.0 Å². The van der Waals surface area contributed by atoms with Crippen LogP contribution in [-0.2, 0) is 11.2 Å². The molecule has 5 nitrogen and oxygen atoms in total. The zero-order valence-electron chi connectivity index (χ0n) is 17.0. The van der Waals surface area contributed by atoms with Crippen molar-refractivity contribution in [3.8, 4) is 5.75 Å². The molecule has 1 saturated carbocycles. The van der Waals surface area contributed by atoms with E-state index < -0.39 is 0 Å². The molecular weight excluding hydrogens is 383 g/mol. The molecule has 4 rings (SSSR count). The first-order valence-electron chi connectivity index (χ1n) is 10.6. The van der Waals surface area contributed by atoms with Gasteiger partial charge >= 0.3 is 0 Å². The van der Waals surface area contributed by atoms with Gasteiger partial charge in [-0.3, -0.25) is 9.59 Å². The Bertz CT molecular complexity index is 896. The summed E-state index contributed by atoms with van der Waals surface area (Å²) in [4.78, 5) is 26.7. The summed E-state index contributed by atoms with van der Waals surface area (Å²) >= 11 is 0. The molecule has 6 heteroatoms. The number of nitrogens with one attached hydrogen (secondary N) is 1. The molecule has 0 bridgehead atoms. The van der Waals surface area contributed by atoms with Crippen molar-refractivity contribution in [2.45, 2.75) is 38.1 Å². The number of likely N-dealkylation sites (tertiary alicyclic amines) is 1. The molecule has 0 unspecified atom stereocenters. The van der Waals surface area contributed by atoms with Gasteiger partial charge in [-0.25, -0.2) is 4.39 Å². The molecule has 2 aromatic carbocycles. The third kappa shape index (κ3) is 5.59. The molecular formula is C24H27FN2O3. The summed E-state index contributed by atoms with van der Waals surface area (Å²) in [5.74, 6) is 0.631. The van der Waals surface area contributed by atoms with Crippen LogP contribution in [0.15, 0.2) is 48.5 Å². The molecule has 2 aromatic rings. The van der Waals surface area contributed by atoms with Crippen molar-refractivity contribution in [3.05, 3.63) is 65.5 Å². The Balaban J connectivity index is 1.28. The molecule has 30 heavy (non-hydrogen) atoms. The van der Waals surface area contributed by atoms with Crippen LogP contribution < -0.4 is 10.1 Å². The molecule has 2 fully saturated rings. The SMILES string of the molecule is O=C(NC1CC1)c1cccc(OC[C@@H]2CCCN(C(=O)Cc3ccc(F)cc3)C2)c1. The van der Waals surface area contributed by atoms with Crippen LogP contribution in [-0.4, -0.2) is 42.5 Å².